The molecule has 9 nitrogen and oxygen atoms in total. The molecule has 5 rings (SSSR count). The van der Waals surface area contributed by atoms with Crippen molar-refractivity contribution in [2.45, 2.75) is 110 Å². The second-order valence-corrected chi connectivity index (χ2v) is 18.0. The van der Waals surface area contributed by atoms with Crippen molar-refractivity contribution in [3.63, 3.8) is 0 Å². The molecule has 65 heavy (non-hydrogen) atoms. The predicted molar refractivity (Wildman–Crippen MR) is 255 cm³/mol. The minimum atomic E-state index is -4.81. The van der Waals surface area contributed by atoms with E-state index in [-0.39, 0.29) is 35.8 Å². The van der Waals surface area contributed by atoms with Crippen molar-refractivity contribution in [1.82, 2.24) is 0 Å². The zero-order chi connectivity index (χ0) is 46.5. The van der Waals surface area contributed by atoms with Crippen LogP contribution in [-0.2, 0) is 24.1 Å². The van der Waals surface area contributed by atoms with Crippen molar-refractivity contribution in [3.8, 4) is 33.8 Å². The van der Waals surface area contributed by atoms with Gasteiger partial charge in [0, 0.05) is 16.7 Å². The van der Waals surface area contributed by atoms with Crippen molar-refractivity contribution in [2.75, 3.05) is 31.9 Å². The van der Waals surface area contributed by atoms with Crippen molar-refractivity contribution >= 4 is 25.0 Å². The second kappa shape index (κ2) is 26.0. The zero-order valence-electron chi connectivity index (χ0n) is 38.3. The molecule has 0 fully saturated rings. The van der Waals surface area contributed by atoms with E-state index in [0.717, 1.165) is 59.6 Å². The molecule has 0 saturated carbocycles. The molecule has 12 heteroatoms. The van der Waals surface area contributed by atoms with Gasteiger partial charge in [-0.25, -0.2) is 10.3 Å². The number of hydrogen-bond acceptors (Lipinski definition) is 9. The number of ether oxygens (including phenoxy) is 2. The number of alkyl halides is 2. The highest BCUT2D eigenvalue weighted by molar-refractivity contribution is 7.54. The topological polar surface area (TPSA) is 109 Å². The Balaban J connectivity index is 1.31. The van der Waals surface area contributed by atoms with Crippen LogP contribution in [0, 0.1) is 0 Å². The highest BCUT2D eigenvalue weighted by atomic mass is 31.2. The number of nitrogens with one attached hydrogen (secondary N) is 1. The summed E-state index contributed by atoms with van der Waals surface area (Å²) in [5.41, 5.74) is 2.19. The number of carbonyl (C=O) groups excluding carboxylic acids is 2. The summed E-state index contributed by atoms with van der Waals surface area (Å²) in [6.45, 7) is 8.17. The summed E-state index contributed by atoms with van der Waals surface area (Å²) >= 11 is 0. The Morgan fingerprint density at radius 1 is 0.554 bits per heavy atom. The molecule has 0 saturated heterocycles. The van der Waals surface area contributed by atoms with Gasteiger partial charge in [-0.3, -0.25) is 9.36 Å². The quantitative estimate of drug-likeness (QED) is 0.0217. The zero-order valence-corrected chi connectivity index (χ0v) is 39.1. The van der Waals surface area contributed by atoms with Gasteiger partial charge in [-0.1, -0.05) is 145 Å². The normalized spacial score (nSPS) is 11.6. The molecule has 0 aromatic heterocycles. The van der Waals surface area contributed by atoms with Gasteiger partial charge in [0.2, 0.25) is 0 Å². The first-order valence-corrected chi connectivity index (χ1v) is 24.7. The first-order valence-electron chi connectivity index (χ1n) is 23.1. The smallest absolute Gasteiger partial charge is 0.404 e. The van der Waals surface area contributed by atoms with Crippen LogP contribution in [0.5, 0.6) is 11.5 Å². The van der Waals surface area contributed by atoms with Crippen LogP contribution in [0.25, 0.3) is 22.3 Å². The number of benzene rings is 5. The van der Waals surface area contributed by atoms with Gasteiger partial charge in [-0.05, 0) is 97.5 Å². The Labute approximate surface area is 383 Å². The van der Waals surface area contributed by atoms with E-state index >= 15 is 8.78 Å². The van der Waals surface area contributed by atoms with Crippen LogP contribution >= 0.6 is 7.60 Å². The molecule has 0 radical (unpaired) electrons. The molecule has 0 unspecified atom stereocenters. The second-order valence-electron chi connectivity index (χ2n) is 15.9. The van der Waals surface area contributed by atoms with Gasteiger partial charge >= 0.3 is 19.2 Å². The van der Waals surface area contributed by atoms with Crippen LogP contribution in [0.3, 0.4) is 0 Å². The lowest BCUT2D eigenvalue weighted by molar-refractivity contribution is 0.0360. The molecular weight excluding hydrogens is 848 g/mol. The molecule has 1 N–H and O–H groups in total. The lowest BCUT2D eigenvalue weighted by atomic mass is 9.91. The van der Waals surface area contributed by atoms with E-state index in [1.165, 1.54) is 89.8 Å². The molecule has 0 aliphatic heterocycles. The van der Waals surface area contributed by atoms with E-state index < -0.39 is 24.8 Å². The molecule has 0 atom stereocenters. The maximum atomic E-state index is 15.3. The third-order valence-electron chi connectivity index (χ3n) is 11.0. The summed E-state index contributed by atoms with van der Waals surface area (Å²) in [5, 5.41) is 0. The van der Waals surface area contributed by atoms with E-state index in [9.17, 15) is 14.2 Å². The third kappa shape index (κ3) is 14.6. The Morgan fingerprint density at radius 2 is 1.02 bits per heavy atom. The Kier molecular flexibility index (Phi) is 20.2. The van der Waals surface area contributed by atoms with Crippen LogP contribution in [0.4, 0.5) is 14.5 Å². The van der Waals surface area contributed by atoms with Gasteiger partial charge in [0.1, 0.15) is 11.5 Å². The van der Waals surface area contributed by atoms with Crippen LogP contribution < -0.4 is 15.0 Å². The monoisotopic (exact) mass is 911 g/mol. The first-order chi connectivity index (χ1) is 31.5. The summed E-state index contributed by atoms with van der Waals surface area (Å²) in [6.07, 6.45) is 14.2. The van der Waals surface area contributed by atoms with E-state index in [1.54, 1.807) is 24.3 Å². The third-order valence-corrected chi connectivity index (χ3v) is 13.1. The molecule has 0 aliphatic carbocycles. The SMILES string of the molecule is CCCCCCCCOc1ccc(-c2ccc(C(=O)c3cc(C(=O)ONc4ccc(C(F)(F)P(=O)(OCC)OCC)cc4)ccc3-c3ccc(OCCCCCCCC)cc3)cc2)cc1. The minimum absolute atomic E-state index is 0.0800. The van der Waals surface area contributed by atoms with Gasteiger partial charge in [0.05, 0.1) is 37.7 Å². The molecule has 348 valence electrons. The summed E-state index contributed by atoms with van der Waals surface area (Å²) in [5.74, 6) is 0.428. The van der Waals surface area contributed by atoms with Crippen molar-refractivity contribution < 1.29 is 46.3 Å². The van der Waals surface area contributed by atoms with E-state index in [0.29, 0.717) is 24.3 Å². The number of rotatable bonds is 29. The summed E-state index contributed by atoms with van der Waals surface area (Å²) in [4.78, 5) is 33.2. The minimum Gasteiger partial charge on any atom is -0.494 e. The van der Waals surface area contributed by atoms with Crippen molar-refractivity contribution in [2.24, 2.45) is 0 Å². The lowest BCUT2D eigenvalue weighted by Gasteiger charge is -2.26. The molecule has 5 aromatic rings. The molecule has 0 heterocycles. The molecule has 5 aromatic carbocycles. The molecule has 0 amide bonds. The van der Waals surface area contributed by atoms with Crippen LogP contribution in [0.15, 0.2) is 115 Å². The van der Waals surface area contributed by atoms with Crippen molar-refractivity contribution in [3.05, 3.63) is 138 Å². The van der Waals surface area contributed by atoms with Gasteiger partial charge in [0.15, 0.2) is 5.78 Å². The summed E-state index contributed by atoms with van der Waals surface area (Å²) in [7, 11) is -4.81. The molecule has 0 aliphatic rings. The Hall–Kier alpha value is -5.35. The number of hydrogen-bond donors (Lipinski definition) is 1. The maximum absolute atomic E-state index is 15.3. The summed E-state index contributed by atoms with van der Waals surface area (Å²) < 4.78 is 65.2. The summed E-state index contributed by atoms with van der Waals surface area (Å²) in [6, 6.07) is 32.1. The Bertz CT molecular complexity index is 2260. The first kappa shape index (κ1) is 50.6. The Morgan fingerprint density at radius 3 is 1.52 bits per heavy atom. The van der Waals surface area contributed by atoms with E-state index in [1.807, 2.05) is 60.7 Å². The molecular formula is C53H64F2NO8P. The van der Waals surface area contributed by atoms with Crippen LogP contribution in [-0.4, -0.2) is 38.2 Å². The highest BCUT2D eigenvalue weighted by Gasteiger charge is 2.54. The fourth-order valence-corrected chi connectivity index (χ4v) is 8.84. The van der Waals surface area contributed by atoms with E-state index in [4.69, 9.17) is 23.4 Å². The van der Waals surface area contributed by atoms with Crippen molar-refractivity contribution in [1.29, 1.82) is 0 Å². The number of anilines is 1. The lowest BCUT2D eigenvalue weighted by Crippen LogP contribution is -2.18. The number of carbonyl (C=O) groups is 2. The number of halogens is 2. The van der Waals surface area contributed by atoms with Gasteiger partial charge in [-0.2, -0.15) is 8.78 Å². The molecule has 0 bridgehead atoms. The fourth-order valence-electron chi connectivity index (χ4n) is 7.30. The highest BCUT2D eigenvalue weighted by Crippen LogP contribution is 2.66. The fraction of sp³-hybridized carbons (Fsp3) is 0.396. The van der Waals surface area contributed by atoms with Gasteiger partial charge < -0.3 is 23.4 Å². The van der Waals surface area contributed by atoms with Gasteiger partial charge in [-0.15, -0.1) is 0 Å². The average Bonchev–Trinajstić information content (AvgIpc) is 3.33. The molecule has 0 spiro atoms. The largest absolute Gasteiger partial charge is 0.494 e. The van der Waals surface area contributed by atoms with Crippen LogP contribution in [0.1, 0.15) is 137 Å². The predicted octanol–water partition coefficient (Wildman–Crippen LogP) is 15.2. The average molecular weight is 912 g/mol. The number of ketones is 1. The van der Waals surface area contributed by atoms with Crippen LogP contribution in [0.2, 0.25) is 0 Å². The maximum Gasteiger partial charge on any atom is 0.404 e. The number of unbranched alkanes of at least 4 members (excludes halogenated alkanes) is 10. The van der Waals surface area contributed by atoms with Gasteiger partial charge in [0.25, 0.3) is 0 Å². The van der Waals surface area contributed by atoms with E-state index in [2.05, 4.69) is 19.3 Å². The standard InChI is InChI=1S/C53H64F2NO8P/c1-5-9-11-13-15-17-37-60-47-32-23-41(24-33-47)40-19-21-43(22-20-40)51(57)50-39-44(27-36-49(50)42-25-34-48(35-26-42)61-38-18-16-14-12-10-6-2)52(58)64-56-46-30-28-45(29-31-46)53(54,55)65(59,62-7-3)63-8-4/h19-36,39,56H,5-18,37-38H2,1-4H3.